The molecule has 2 aliphatic heterocycles. The van der Waals surface area contributed by atoms with Crippen molar-refractivity contribution in [3.63, 3.8) is 0 Å². The Hall–Kier alpha value is -4.14. The van der Waals surface area contributed by atoms with Crippen molar-refractivity contribution < 1.29 is 44.3 Å². The van der Waals surface area contributed by atoms with Gasteiger partial charge in [-0.05, 0) is 110 Å². The Morgan fingerprint density at radius 2 is 1.44 bits per heavy atom. The molecule has 0 unspecified atom stereocenters. The van der Waals surface area contributed by atoms with Crippen LogP contribution in [0.25, 0.3) is 5.57 Å². The Labute approximate surface area is 394 Å². The van der Waals surface area contributed by atoms with Crippen molar-refractivity contribution in [2.24, 2.45) is 0 Å². The van der Waals surface area contributed by atoms with Crippen LogP contribution in [0.2, 0.25) is 5.02 Å². The van der Waals surface area contributed by atoms with Gasteiger partial charge in [0, 0.05) is 85.3 Å². The van der Waals surface area contributed by atoms with Crippen LogP contribution in [-0.4, -0.2) is 129 Å². The molecule has 356 valence electrons. The number of nitrogens with one attached hydrogen (secondary N) is 2. The number of sulfonamides is 1. The smallest absolute Gasteiger partial charge is 0.380 e. The first-order valence-corrected chi connectivity index (χ1v) is 26.4. The zero-order valence-corrected chi connectivity index (χ0v) is 39.7. The maximum Gasteiger partial charge on any atom is 0.501 e. The van der Waals surface area contributed by atoms with Crippen LogP contribution in [0.1, 0.15) is 48.0 Å². The summed E-state index contributed by atoms with van der Waals surface area (Å²) in [5, 5.41) is 3.72. The van der Waals surface area contributed by atoms with Crippen molar-refractivity contribution in [3.8, 4) is 0 Å². The minimum Gasteiger partial charge on any atom is -0.380 e. The van der Waals surface area contributed by atoms with Crippen LogP contribution in [0, 0.1) is 0 Å². The number of nitrogens with zero attached hydrogens (tertiary/aromatic N) is 3. The fourth-order valence-electron chi connectivity index (χ4n) is 8.29. The minimum atomic E-state index is -6.08. The van der Waals surface area contributed by atoms with Gasteiger partial charge in [0.25, 0.3) is 25.8 Å². The molecule has 2 N–H and O–H groups in total. The highest BCUT2D eigenvalue weighted by Gasteiger charge is 2.48. The maximum absolute atomic E-state index is 14.2. The van der Waals surface area contributed by atoms with Crippen LogP contribution in [0.15, 0.2) is 117 Å². The summed E-state index contributed by atoms with van der Waals surface area (Å²) in [7, 11) is -10.9. The molecule has 19 heteroatoms. The quantitative estimate of drug-likeness (QED) is 0.105. The summed E-state index contributed by atoms with van der Waals surface area (Å²) >= 11 is 7.58. The predicted octanol–water partition coefficient (Wildman–Crippen LogP) is 8.21. The number of allylic oxidation sites excluding steroid dienone is 1. The molecule has 0 radical (unpaired) electrons. The Balaban J connectivity index is 1.02. The highest BCUT2D eigenvalue weighted by Crippen LogP contribution is 2.37. The zero-order chi connectivity index (χ0) is 46.7. The molecule has 1 aliphatic carbocycles. The SMILES string of the molecule is O=C(NS(=O)(=O)c1ccc(N[C@H](CCN2CCOCCOCC2)CSc2ccccc2)c(S(=O)(=O)C(F)(F)F)c1)c1ccc(N2CCN(CC3=C(c4ccc(Cl)cc4)CCCC3)CC2)cc1. The van der Waals surface area contributed by atoms with E-state index in [1.807, 2.05) is 47.2 Å². The van der Waals surface area contributed by atoms with Gasteiger partial charge in [0.2, 0.25) is 0 Å². The third kappa shape index (κ3) is 13.3. The summed E-state index contributed by atoms with van der Waals surface area (Å²) in [6, 6.07) is 25.7. The molecule has 0 spiro atoms. The lowest BCUT2D eigenvalue weighted by atomic mass is 9.87. The fourth-order valence-corrected chi connectivity index (χ4v) is 11.4. The van der Waals surface area contributed by atoms with Gasteiger partial charge in [-0.2, -0.15) is 13.2 Å². The third-order valence-electron chi connectivity index (χ3n) is 12.0. The molecule has 2 saturated heterocycles. The number of thioether (sulfide) groups is 1. The van der Waals surface area contributed by atoms with E-state index >= 15 is 0 Å². The highest BCUT2D eigenvalue weighted by atomic mass is 35.5. The molecule has 66 heavy (non-hydrogen) atoms. The van der Waals surface area contributed by atoms with Gasteiger partial charge >= 0.3 is 5.51 Å². The average molecular weight is 991 g/mol. The molecular formula is C47H55ClF3N5O7S3. The van der Waals surface area contributed by atoms with Gasteiger partial charge in [-0.3, -0.25) is 14.6 Å². The van der Waals surface area contributed by atoms with Gasteiger partial charge in [-0.25, -0.2) is 21.6 Å². The summed E-state index contributed by atoms with van der Waals surface area (Å²) in [6.07, 6.45) is 4.84. The Kier molecular flexibility index (Phi) is 17.2. The van der Waals surface area contributed by atoms with Crippen LogP contribution in [0.4, 0.5) is 24.5 Å². The number of ether oxygens (including phenoxy) is 2. The van der Waals surface area contributed by atoms with Crippen molar-refractivity contribution in [1.82, 2.24) is 14.5 Å². The number of piperazine rings is 1. The zero-order valence-electron chi connectivity index (χ0n) is 36.5. The van der Waals surface area contributed by atoms with Crippen LogP contribution >= 0.6 is 23.4 Å². The van der Waals surface area contributed by atoms with Crippen LogP contribution in [0.5, 0.6) is 0 Å². The normalized spacial score (nSPS) is 18.0. The molecule has 0 saturated carbocycles. The number of sulfone groups is 1. The van der Waals surface area contributed by atoms with E-state index in [0.717, 1.165) is 74.7 Å². The maximum atomic E-state index is 14.2. The molecule has 0 aromatic heterocycles. The number of carbonyl (C=O) groups excluding carboxylic acids is 1. The number of rotatable bonds is 16. The van der Waals surface area contributed by atoms with Crippen molar-refractivity contribution in [3.05, 3.63) is 119 Å². The van der Waals surface area contributed by atoms with E-state index in [1.54, 1.807) is 12.1 Å². The molecule has 1 atom stereocenters. The molecule has 4 aromatic rings. The lowest BCUT2D eigenvalue weighted by molar-refractivity contribution is -0.0435. The second kappa shape index (κ2) is 22.8. The Morgan fingerprint density at radius 1 is 0.773 bits per heavy atom. The topological polar surface area (TPSA) is 138 Å². The Bertz CT molecular complexity index is 2500. The van der Waals surface area contributed by atoms with Crippen molar-refractivity contribution in [2.75, 3.05) is 94.8 Å². The molecule has 3 aliphatic rings. The highest BCUT2D eigenvalue weighted by molar-refractivity contribution is 7.99. The standard InChI is InChI=1S/C47H55ClF3N5O7S3/c48-38-14-10-35(11-15-38)43-9-5-4-6-37(43)33-55-22-24-56(25-23-55)40-16-12-36(13-17-40)46(57)53-66(60,61)42-18-19-44(45(32-42)65(58,59)47(49,50)51)52-39(34-64-41-7-2-1-3-8-41)20-21-54-26-28-62-30-31-63-29-27-54/h1-3,7-8,10-19,32,39,52H,4-6,9,20-31,33-34H2,(H,53,57)/t39-/m1/s1. The molecule has 2 fully saturated rings. The molecule has 7 rings (SSSR count). The Morgan fingerprint density at radius 3 is 2.11 bits per heavy atom. The number of anilines is 2. The predicted molar refractivity (Wildman–Crippen MR) is 254 cm³/mol. The number of alkyl halides is 3. The van der Waals surface area contributed by atoms with Crippen LogP contribution < -0.4 is 14.9 Å². The van der Waals surface area contributed by atoms with E-state index in [-0.39, 0.29) is 5.56 Å². The van der Waals surface area contributed by atoms with E-state index in [1.165, 1.54) is 47.0 Å². The third-order valence-corrected chi connectivity index (χ3v) is 16.2. The van der Waals surface area contributed by atoms with E-state index in [4.69, 9.17) is 21.1 Å². The van der Waals surface area contributed by atoms with Crippen molar-refractivity contribution in [2.45, 2.75) is 58.3 Å². The summed E-state index contributed by atoms with van der Waals surface area (Å²) in [6.45, 7) is 7.60. The van der Waals surface area contributed by atoms with Gasteiger partial charge in [0.15, 0.2) is 0 Å². The molecule has 0 bridgehead atoms. The average Bonchev–Trinajstić information content (AvgIpc) is 3.44. The van der Waals surface area contributed by atoms with E-state index in [9.17, 15) is 34.8 Å². The molecule has 2 heterocycles. The summed E-state index contributed by atoms with van der Waals surface area (Å²) in [4.78, 5) is 18.9. The number of hydrogen-bond donors (Lipinski definition) is 2. The van der Waals surface area contributed by atoms with E-state index in [0.29, 0.717) is 69.3 Å². The number of benzene rings is 4. The van der Waals surface area contributed by atoms with Gasteiger partial charge < -0.3 is 19.7 Å². The number of amides is 1. The molecule has 12 nitrogen and oxygen atoms in total. The number of carbonyl (C=O) groups is 1. The van der Waals surface area contributed by atoms with Gasteiger partial charge in [0.1, 0.15) is 4.90 Å². The second-order valence-corrected chi connectivity index (χ2v) is 21.6. The molecule has 4 aromatic carbocycles. The fraction of sp³-hybridized carbons (Fsp3) is 0.426. The summed E-state index contributed by atoms with van der Waals surface area (Å²) < 4.78 is 109. The van der Waals surface area contributed by atoms with Gasteiger partial charge in [0.05, 0.1) is 37.0 Å². The van der Waals surface area contributed by atoms with Crippen molar-refractivity contribution in [1.29, 1.82) is 0 Å². The van der Waals surface area contributed by atoms with Crippen molar-refractivity contribution >= 4 is 66.1 Å². The molecule has 1 amide bonds. The number of halogens is 4. The first kappa shape index (κ1) is 49.8. The van der Waals surface area contributed by atoms with Gasteiger partial charge in [-0.15, -0.1) is 11.8 Å². The van der Waals surface area contributed by atoms with E-state index < -0.39 is 52.8 Å². The summed E-state index contributed by atoms with van der Waals surface area (Å²) in [5.41, 5.74) is -1.24. The molecular weight excluding hydrogens is 935 g/mol. The second-order valence-electron chi connectivity index (χ2n) is 16.5. The van der Waals surface area contributed by atoms with Gasteiger partial charge in [-0.1, -0.05) is 47.5 Å². The first-order valence-electron chi connectivity index (χ1n) is 22.1. The largest absolute Gasteiger partial charge is 0.501 e. The van der Waals surface area contributed by atoms with E-state index in [2.05, 4.69) is 32.1 Å². The van der Waals surface area contributed by atoms with Crippen LogP contribution in [0.3, 0.4) is 0 Å². The summed E-state index contributed by atoms with van der Waals surface area (Å²) in [5.74, 6) is -0.688. The lowest BCUT2D eigenvalue weighted by Crippen LogP contribution is -2.47. The lowest BCUT2D eigenvalue weighted by Gasteiger charge is -2.37. The number of hydrogen-bond acceptors (Lipinski definition) is 12. The minimum absolute atomic E-state index is 0.00566. The van der Waals surface area contributed by atoms with Crippen LogP contribution in [-0.2, 0) is 29.3 Å². The monoisotopic (exact) mass is 989 g/mol. The first-order chi connectivity index (χ1) is 31.7.